The lowest BCUT2D eigenvalue weighted by Gasteiger charge is -2.10. The van der Waals surface area contributed by atoms with E-state index in [1.54, 1.807) is 0 Å². The highest BCUT2D eigenvalue weighted by Gasteiger charge is 2.23. The van der Waals surface area contributed by atoms with Crippen molar-refractivity contribution in [1.82, 2.24) is 0 Å². The molecule has 0 spiro atoms. The molecule has 0 heteroatoms. The Bertz CT molecular complexity index is 1770. The molecule has 0 bridgehead atoms. The maximum Gasteiger partial charge on any atom is -0.000159 e. The average molecular weight is 324 g/mol. The predicted molar refractivity (Wildman–Crippen MR) is 114 cm³/mol. The first-order chi connectivity index (χ1) is 12.9. The molecular weight excluding hydrogens is 312 g/mol. The lowest BCUT2D eigenvalue weighted by atomic mass is 9.92. The summed E-state index contributed by atoms with van der Waals surface area (Å²) in [7, 11) is 0. The minimum atomic E-state index is 1.36. The SMILES string of the molecule is c1ccc2c(c1)c1ccc3ccc4cc5ccc6cc2c2c1c3c4c2c56. The van der Waals surface area contributed by atoms with E-state index in [-0.39, 0.29) is 0 Å². The van der Waals surface area contributed by atoms with Crippen molar-refractivity contribution < 1.29 is 0 Å². The van der Waals surface area contributed by atoms with Gasteiger partial charge in [0.1, 0.15) is 0 Å². The molecule has 0 saturated heterocycles. The Hall–Kier alpha value is -3.38. The van der Waals surface area contributed by atoms with Gasteiger partial charge in [-0.2, -0.15) is 0 Å². The van der Waals surface area contributed by atoms with Gasteiger partial charge in [-0.05, 0) is 87.5 Å². The van der Waals surface area contributed by atoms with E-state index >= 15 is 0 Å². The Labute approximate surface area is 148 Å². The third-order valence-electron chi connectivity index (χ3n) is 6.63. The van der Waals surface area contributed by atoms with E-state index in [9.17, 15) is 0 Å². The number of fused-ring (bicyclic) bond motifs is 3. The first-order valence-electron chi connectivity index (χ1n) is 9.21. The molecule has 0 aliphatic rings. The monoisotopic (exact) mass is 324 g/mol. The van der Waals surface area contributed by atoms with E-state index in [0.717, 1.165) is 0 Å². The Kier molecular flexibility index (Phi) is 1.66. The summed E-state index contributed by atoms with van der Waals surface area (Å²) in [6.07, 6.45) is 0. The van der Waals surface area contributed by atoms with Crippen molar-refractivity contribution in [3.05, 3.63) is 72.8 Å². The quantitative estimate of drug-likeness (QED) is 0.253. The van der Waals surface area contributed by atoms with E-state index in [2.05, 4.69) is 72.8 Å². The largest absolute Gasteiger partial charge is 0.0616 e. The van der Waals surface area contributed by atoms with Crippen LogP contribution in [0.1, 0.15) is 0 Å². The van der Waals surface area contributed by atoms with Gasteiger partial charge < -0.3 is 0 Å². The van der Waals surface area contributed by atoms with Crippen LogP contribution in [0.25, 0.3) is 75.4 Å². The molecule has 8 aromatic rings. The van der Waals surface area contributed by atoms with Crippen molar-refractivity contribution in [2.75, 3.05) is 0 Å². The molecule has 0 fully saturated rings. The molecule has 0 aliphatic heterocycles. The summed E-state index contributed by atoms with van der Waals surface area (Å²) in [5.74, 6) is 0. The van der Waals surface area contributed by atoms with Crippen LogP contribution in [0.5, 0.6) is 0 Å². The molecular formula is C26H12. The predicted octanol–water partition coefficient (Wildman–Crippen LogP) is 7.51. The Morgan fingerprint density at radius 3 is 1.73 bits per heavy atom. The van der Waals surface area contributed by atoms with Crippen LogP contribution in [-0.4, -0.2) is 0 Å². The average Bonchev–Trinajstić information content (AvgIpc) is 3.25. The van der Waals surface area contributed by atoms with Crippen LogP contribution in [0.3, 0.4) is 0 Å². The number of hydrogen-bond acceptors (Lipinski definition) is 0. The summed E-state index contributed by atoms with van der Waals surface area (Å²) in [5.41, 5.74) is 0. The van der Waals surface area contributed by atoms with Gasteiger partial charge in [0.25, 0.3) is 0 Å². The van der Waals surface area contributed by atoms with Crippen molar-refractivity contribution in [2.45, 2.75) is 0 Å². The Morgan fingerprint density at radius 1 is 0.308 bits per heavy atom. The molecule has 8 rings (SSSR count). The molecule has 0 saturated carbocycles. The maximum atomic E-state index is 2.42. The molecule has 0 radical (unpaired) electrons. The fraction of sp³-hybridized carbons (Fsp3) is 0. The normalized spacial score (nSPS) is 13.4. The molecule has 0 atom stereocenters. The number of benzene rings is 6. The Balaban J connectivity index is 1.99. The zero-order valence-corrected chi connectivity index (χ0v) is 13.9. The molecule has 0 aliphatic carbocycles. The lowest BCUT2D eigenvalue weighted by Crippen LogP contribution is -1.82. The van der Waals surface area contributed by atoms with Crippen LogP contribution in [0, 0.1) is 0 Å². The standard InChI is InChI=1S/C26H12/c1-2-4-18-17(3-1)19-10-9-13-5-6-15-11-14-7-8-16-12-20(18)25-24(19)22(13)23(15)26(25)21(14)16/h1-12H. The van der Waals surface area contributed by atoms with Crippen molar-refractivity contribution in [2.24, 2.45) is 0 Å². The fourth-order valence-electron chi connectivity index (χ4n) is 5.68. The second-order valence-corrected chi connectivity index (χ2v) is 7.73. The van der Waals surface area contributed by atoms with Gasteiger partial charge in [-0.15, -0.1) is 0 Å². The van der Waals surface area contributed by atoms with E-state index < -0.39 is 0 Å². The van der Waals surface area contributed by atoms with Crippen LogP contribution in [-0.2, 0) is 0 Å². The molecule has 0 aromatic heterocycles. The van der Waals surface area contributed by atoms with Crippen LogP contribution < -0.4 is 0 Å². The van der Waals surface area contributed by atoms with Crippen LogP contribution in [0.15, 0.2) is 72.8 Å². The Morgan fingerprint density at radius 2 is 0.885 bits per heavy atom. The summed E-state index contributed by atoms with van der Waals surface area (Å²) in [4.78, 5) is 0. The van der Waals surface area contributed by atoms with E-state index in [1.807, 2.05) is 0 Å². The summed E-state index contributed by atoms with van der Waals surface area (Å²) in [5, 5.41) is 19.8. The van der Waals surface area contributed by atoms with Gasteiger partial charge in [0, 0.05) is 0 Å². The minimum absolute atomic E-state index is 1.36. The lowest BCUT2D eigenvalue weighted by molar-refractivity contribution is 1.83. The molecule has 0 N–H and O–H groups in total. The highest BCUT2D eigenvalue weighted by molar-refractivity contribution is 6.50. The first kappa shape index (κ1) is 12.1. The zero-order valence-electron chi connectivity index (χ0n) is 13.9. The number of hydrogen-bond donors (Lipinski definition) is 0. The molecule has 0 unspecified atom stereocenters. The summed E-state index contributed by atoms with van der Waals surface area (Å²) in [6, 6.07) is 27.5. The highest BCUT2D eigenvalue weighted by Crippen LogP contribution is 2.52. The van der Waals surface area contributed by atoms with E-state index in [1.165, 1.54) is 75.4 Å². The van der Waals surface area contributed by atoms with Crippen molar-refractivity contribution in [1.29, 1.82) is 0 Å². The molecule has 0 heterocycles. The van der Waals surface area contributed by atoms with Gasteiger partial charge in [-0.1, -0.05) is 60.7 Å². The zero-order chi connectivity index (χ0) is 16.6. The molecule has 0 amide bonds. The third kappa shape index (κ3) is 1.06. The van der Waals surface area contributed by atoms with Gasteiger partial charge in [-0.25, -0.2) is 0 Å². The molecule has 26 heavy (non-hydrogen) atoms. The smallest absolute Gasteiger partial charge is 0.000159 e. The van der Waals surface area contributed by atoms with Crippen molar-refractivity contribution >= 4 is 75.4 Å². The summed E-state index contributed by atoms with van der Waals surface area (Å²) < 4.78 is 0. The van der Waals surface area contributed by atoms with Gasteiger partial charge in [-0.3, -0.25) is 0 Å². The second-order valence-electron chi connectivity index (χ2n) is 7.73. The van der Waals surface area contributed by atoms with Gasteiger partial charge in [0.05, 0.1) is 0 Å². The summed E-state index contributed by atoms with van der Waals surface area (Å²) in [6.45, 7) is 0. The van der Waals surface area contributed by atoms with Crippen LogP contribution >= 0.6 is 0 Å². The van der Waals surface area contributed by atoms with Crippen molar-refractivity contribution in [3.8, 4) is 0 Å². The fourth-order valence-corrected chi connectivity index (χ4v) is 5.68. The third-order valence-corrected chi connectivity index (χ3v) is 6.63. The van der Waals surface area contributed by atoms with E-state index in [4.69, 9.17) is 0 Å². The second kappa shape index (κ2) is 3.59. The van der Waals surface area contributed by atoms with Crippen molar-refractivity contribution in [3.63, 3.8) is 0 Å². The minimum Gasteiger partial charge on any atom is -0.0616 e. The topological polar surface area (TPSA) is 0 Å². The van der Waals surface area contributed by atoms with Gasteiger partial charge in [0.2, 0.25) is 0 Å². The van der Waals surface area contributed by atoms with Crippen LogP contribution in [0.4, 0.5) is 0 Å². The molecule has 0 nitrogen and oxygen atoms in total. The van der Waals surface area contributed by atoms with Gasteiger partial charge >= 0.3 is 0 Å². The first-order valence-corrected chi connectivity index (χ1v) is 9.21. The highest BCUT2D eigenvalue weighted by atomic mass is 14.3. The number of rotatable bonds is 0. The molecule has 116 valence electrons. The van der Waals surface area contributed by atoms with E-state index in [0.29, 0.717) is 0 Å². The molecule has 8 aromatic carbocycles. The van der Waals surface area contributed by atoms with Crippen LogP contribution in [0.2, 0.25) is 0 Å². The summed E-state index contributed by atoms with van der Waals surface area (Å²) >= 11 is 0. The maximum absolute atomic E-state index is 2.42. The van der Waals surface area contributed by atoms with Gasteiger partial charge in [0.15, 0.2) is 0 Å².